The molecule has 0 N–H and O–H groups in total. The van der Waals surface area contributed by atoms with Gasteiger partial charge in [0.1, 0.15) is 24.9 Å². The second-order valence-corrected chi connectivity index (χ2v) is 18.3. The first-order chi connectivity index (χ1) is 29.3. The number of rotatable bonds is 19. The van der Waals surface area contributed by atoms with E-state index < -0.39 is 12.1 Å². The van der Waals surface area contributed by atoms with Crippen molar-refractivity contribution in [2.45, 2.75) is 135 Å². The molecule has 7 nitrogen and oxygen atoms in total. The molecule has 0 aliphatic heterocycles. The Hall–Kier alpha value is -5.17. The molecule has 3 aromatic carbocycles. The minimum atomic E-state index is -0.450. The zero-order valence-corrected chi connectivity index (χ0v) is 37.2. The Labute approximate surface area is 365 Å². The smallest absolute Gasteiger partial charge is 0.331 e. The van der Waals surface area contributed by atoms with E-state index >= 15 is 0 Å². The number of ether oxygens (including phenoxy) is 4. The molecule has 2 saturated carbocycles. The molecule has 5 rings (SSSR count). The maximum Gasteiger partial charge on any atom is 0.331 e. The first-order valence-corrected chi connectivity index (χ1v) is 22.4. The Morgan fingerprint density at radius 1 is 0.639 bits per heavy atom. The molecule has 7 atom stereocenters. The lowest BCUT2D eigenvalue weighted by Crippen LogP contribution is -2.43. The van der Waals surface area contributed by atoms with Gasteiger partial charge in [-0.05, 0) is 96.5 Å². The molecule has 0 bridgehead atoms. The van der Waals surface area contributed by atoms with Crippen molar-refractivity contribution in [2.24, 2.45) is 23.7 Å². The molecule has 2 aliphatic carbocycles. The van der Waals surface area contributed by atoms with E-state index in [-0.39, 0.29) is 53.4 Å². The average molecular weight is 829 g/mol. The lowest BCUT2D eigenvalue weighted by Gasteiger charge is -2.43. The minimum absolute atomic E-state index is 0.143. The average Bonchev–Trinajstić information content (AvgIpc) is 3.25. The third-order valence-electron chi connectivity index (χ3n) is 13.0. The monoisotopic (exact) mass is 828 g/mol. The van der Waals surface area contributed by atoms with E-state index in [2.05, 4.69) is 90.1 Å². The van der Waals surface area contributed by atoms with Gasteiger partial charge in [-0.3, -0.25) is 0 Å². The number of hydrogen-bond donors (Lipinski definition) is 0. The van der Waals surface area contributed by atoms with Crippen molar-refractivity contribution >= 4 is 17.9 Å². The van der Waals surface area contributed by atoms with Crippen molar-refractivity contribution in [3.05, 3.63) is 156 Å². The summed E-state index contributed by atoms with van der Waals surface area (Å²) in [4.78, 5) is 38.9. The van der Waals surface area contributed by atoms with Crippen LogP contribution in [0, 0.1) is 23.7 Å². The highest BCUT2D eigenvalue weighted by molar-refractivity contribution is 5.83. The second kappa shape index (κ2) is 23.2. The molecule has 0 amide bonds. The van der Waals surface area contributed by atoms with Crippen LogP contribution in [0.15, 0.2) is 140 Å². The predicted octanol–water partition coefficient (Wildman–Crippen LogP) is 12.1. The summed E-state index contributed by atoms with van der Waals surface area (Å²) in [5.41, 5.74) is 3.11. The van der Waals surface area contributed by atoms with Crippen LogP contribution in [0.1, 0.15) is 116 Å². The Kier molecular flexibility index (Phi) is 17.8. The van der Waals surface area contributed by atoms with Gasteiger partial charge in [0.05, 0.1) is 6.26 Å². The van der Waals surface area contributed by atoms with Gasteiger partial charge in [-0.25, -0.2) is 14.4 Å². The van der Waals surface area contributed by atoms with E-state index in [1.54, 1.807) is 24.3 Å². The van der Waals surface area contributed by atoms with Crippen LogP contribution < -0.4 is 0 Å². The quantitative estimate of drug-likeness (QED) is 0.0297. The molecule has 3 aromatic rings. The van der Waals surface area contributed by atoms with Gasteiger partial charge in [-0.1, -0.05) is 158 Å². The molecule has 2 fully saturated rings. The van der Waals surface area contributed by atoms with E-state index in [9.17, 15) is 14.4 Å². The number of benzene rings is 3. The summed E-state index contributed by atoms with van der Waals surface area (Å²) >= 11 is 0. The van der Waals surface area contributed by atoms with E-state index in [1.165, 1.54) is 35.6 Å². The SMILES string of the molecule is C[C@@H]1CC[C@@H](C(C)(C)c2ccccc2)[C@H](OC(=O)/C=C/C=C/O[C@@H](/C=C/C(=O)O[C@@H]2C[C@H](C)CC[C@H]2C(C)(C)c2ccccc2)CCC/C=C/C(=O)OCc2ccccc2)C1. The molecule has 0 unspecified atom stereocenters. The predicted molar refractivity (Wildman–Crippen MR) is 243 cm³/mol. The third-order valence-corrected chi connectivity index (χ3v) is 13.0. The molecule has 7 heteroatoms. The van der Waals surface area contributed by atoms with Crippen molar-refractivity contribution in [3.63, 3.8) is 0 Å². The molecule has 0 spiro atoms. The molecule has 0 saturated heterocycles. The Morgan fingerprint density at radius 2 is 1.15 bits per heavy atom. The van der Waals surface area contributed by atoms with E-state index in [0.29, 0.717) is 31.1 Å². The van der Waals surface area contributed by atoms with Gasteiger partial charge in [-0.15, -0.1) is 0 Å². The van der Waals surface area contributed by atoms with Crippen LogP contribution in [0.25, 0.3) is 0 Å². The van der Waals surface area contributed by atoms with Crippen molar-refractivity contribution in [3.8, 4) is 0 Å². The fourth-order valence-corrected chi connectivity index (χ4v) is 9.22. The summed E-state index contributed by atoms with van der Waals surface area (Å²) in [6, 6.07) is 30.5. The summed E-state index contributed by atoms with van der Waals surface area (Å²) in [7, 11) is 0. The first-order valence-electron chi connectivity index (χ1n) is 22.4. The molecular weight excluding hydrogens is 761 g/mol. The first kappa shape index (κ1) is 46.9. The van der Waals surface area contributed by atoms with Crippen LogP contribution in [0.3, 0.4) is 0 Å². The van der Waals surface area contributed by atoms with Gasteiger partial charge in [0.15, 0.2) is 0 Å². The zero-order chi connectivity index (χ0) is 43.7. The van der Waals surface area contributed by atoms with Crippen LogP contribution >= 0.6 is 0 Å². The van der Waals surface area contributed by atoms with Crippen LogP contribution in [0.5, 0.6) is 0 Å². The number of carbonyl (C=O) groups is 3. The topological polar surface area (TPSA) is 88.1 Å². The fourth-order valence-electron chi connectivity index (χ4n) is 9.22. The van der Waals surface area contributed by atoms with Gasteiger partial charge in [0, 0.05) is 30.1 Å². The van der Waals surface area contributed by atoms with Crippen molar-refractivity contribution in [2.75, 3.05) is 0 Å². The maximum absolute atomic E-state index is 13.4. The molecular formula is C54H68O7. The lowest BCUT2D eigenvalue weighted by atomic mass is 9.64. The summed E-state index contributed by atoms with van der Waals surface area (Å²) in [6.45, 7) is 13.7. The highest BCUT2D eigenvalue weighted by Gasteiger charge is 2.43. The van der Waals surface area contributed by atoms with Gasteiger partial charge in [0.25, 0.3) is 0 Å². The van der Waals surface area contributed by atoms with Crippen LogP contribution in [0.4, 0.5) is 0 Å². The number of unbranched alkanes of at least 4 members (excludes halogenated alkanes) is 1. The van der Waals surface area contributed by atoms with E-state index in [0.717, 1.165) is 44.1 Å². The largest absolute Gasteiger partial charge is 0.494 e. The number of allylic oxidation sites excluding steroid dienone is 3. The maximum atomic E-state index is 13.4. The van der Waals surface area contributed by atoms with Gasteiger partial charge in [0.2, 0.25) is 0 Å². The molecule has 61 heavy (non-hydrogen) atoms. The van der Waals surface area contributed by atoms with Crippen LogP contribution in [-0.2, 0) is 50.8 Å². The highest BCUT2D eigenvalue weighted by Crippen LogP contribution is 2.45. The summed E-state index contributed by atoms with van der Waals surface area (Å²) < 4.78 is 23.8. The van der Waals surface area contributed by atoms with Gasteiger partial charge >= 0.3 is 17.9 Å². The summed E-state index contributed by atoms with van der Waals surface area (Å²) in [6.07, 6.45) is 19.6. The summed E-state index contributed by atoms with van der Waals surface area (Å²) in [5.74, 6) is 0.180. The lowest BCUT2D eigenvalue weighted by molar-refractivity contribution is -0.151. The number of carbonyl (C=O) groups excluding carboxylic acids is 3. The fraction of sp³-hybridized carbons (Fsp3) is 0.463. The Bertz CT molecular complexity index is 1930. The molecule has 0 aromatic heterocycles. The van der Waals surface area contributed by atoms with Crippen molar-refractivity contribution in [1.29, 1.82) is 0 Å². The van der Waals surface area contributed by atoms with Crippen LogP contribution in [-0.4, -0.2) is 36.2 Å². The van der Waals surface area contributed by atoms with Crippen molar-refractivity contribution in [1.82, 2.24) is 0 Å². The standard InChI is InChI=1S/C54H68O7/c1-40-30-33-46(53(3,4)43-23-13-8-14-24-43)48(37-40)60-51(56)29-19-20-36-58-45(27-17-10-18-28-50(55)59-39-42-21-11-7-12-22-42)32-35-52(57)61-49-38-41(2)31-34-47(49)54(5,6)44-25-15-9-16-26-44/h7-9,11-16,18-26,28-29,32,35-36,40-41,45-49H,10,17,27,30-31,33-34,37-39H2,1-6H3/b28-18+,29-19+,35-32+,36-20+/t40-,41-,45-,46-,47-,48-,49-/m1/s1. The summed E-state index contributed by atoms with van der Waals surface area (Å²) in [5, 5.41) is 0. The third kappa shape index (κ3) is 14.5. The minimum Gasteiger partial charge on any atom is -0.494 e. The molecule has 2 aliphatic rings. The highest BCUT2D eigenvalue weighted by atomic mass is 16.5. The van der Waals surface area contributed by atoms with Gasteiger partial charge < -0.3 is 18.9 Å². The molecule has 0 heterocycles. The van der Waals surface area contributed by atoms with Crippen molar-refractivity contribution < 1.29 is 33.3 Å². The molecule has 0 radical (unpaired) electrons. The van der Waals surface area contributed by atoms with Crippen LogP contribution in [0.2, 0.25) is 0 Å². The van der Waals surface area contributed by atoms with E-state index in [1.807, 2.05) is 42.5 Å². The normalized spacial score (nSPS) is 23.0. The van der Waals surface area contributed by atoms with Gasteiger partial charge in [-0.2, -0.15) is 0 Å². The zero-order valence-electron chi connectivity index (χ0n) is 37.2. The number of esters is 3. The second-order valence-electron chi connectivity index (χ2n) is 18.3. The van der Waals surface area contributed by atoms with E-state index in [4.69, 9.17) is 18.9 Å². The Morgan fingerprint density at radius 3 is 1.69 bits per heavy atom. The number of hydrogen-bond acceptors (Lipinski definition) is 7. The Balaban J connectivity index is 1.19. The molecule has 326 valence electrons.